The number of nitrogens with one attached hydrogen (secondary N) is 2. The number of carbonyl (C=O) groups excluding carboxylic acids is 2. The first-order valence-electron chi connectivity index (χ1n) is 8.69. The number of unbranched alkanes of at least 4 members (excludes halogenated alkanes) is 2. The van der Waals surface area contributed by atoms with E-state index in [1.54, 1.807) is 13.8 Å². The van der Waals surface area contributed by atoms with Crippen LogP contribution in [-0.4, -0.2) is 49.6 Å². The van der Waals surface area contributed by atoms with E-state index in [9.17, 15) is 9.59 Å². The standard InChI is InChI=1S/C16H34N4O4.2ClH/c1-5-7-9-19-14(21)23-12(3)16(18,11-17)13(4)24-15(22)20-10-8-6-2;;/h12-13H,5-11,17-18H2,1-4H3,(H,19,21)(H,20,22);2*1H. The number of hydrogen-bond donors (Lipinski definition) is 4. The molecule has 0 aliphatic carbocycles. The van der Waals surface area contributed by atoms with Crippen molar-refractivity contribution in [3.63, 3.8) is 0 Å². The Hall–Kier alpha value is -0.960. The molecule has 0 aliphatic heterocycles. The minimum absolute atomic E-state index is 0. The topological polar surface area (TPSA) is 129 Å². The molecular formula is C16H36Cl2N4O4. The van der Waals surface area contributed by atoms with E-state index in [0.29, 0.717) is 13.1 Å². The highest BCUT2D eigenvalue weighted by Crippen LogP contribution is 2.18. The van der Waals surface area contributed by atoms with Crippen LogP contribution >= 0.6 is 24.8 Å². The molecule has 0 rings (SSSR count). The molecule has 26 heavy (non-hydrogen) atoms. The van der Waals surface area contributed by atoms with Gasteiger partial charge in [-0.15, -0.1) is 24.8 Å². The number of amides is 2. The molecule has 0 heterocycles. The number of halogens is 2. The van der Waals surface area contributed by atoms with E-state index in [-0.39, 0.29) is 31.4 Å². The van der Waals surface area contributed by atoms with Gasteiger partial charge >= 0.3 is 12.2 Å². The van der Waals surface area contributed by atoms with Crippen LogP contribution in [0, 0.1) is 0 Å². The molecule has 10 heteroatoms. The van der Waals surface area contributed by atoms with Crippen LogP contribution in [0.4, 0.5) is 9.59 Å². The zero-order chi connectivity index (χ0) is 18.6. The first-order valence-corrected chi connectivity index (χ1v) is 8.69. The van der Waals surface area contributed by atoms with E-state index in [1.807, 2.05) is 13.8 Å². The number of carbonyl (C=O) groups is 2. The number of nitrogens with two attached hydrogens (primary N) is 2. The molecule has 0 fully saturated rings. The van der Waals surface area contributed by atoms with Crippen LogP contribution in [0.2, 0.25) is 0 Å². The van der Waals surface area contributed by atoms with Crippen molar-refractivity contribution in [2.75, 3.05) is 19.6 Å². The maximum atomic E-state index is 11.8. The third-order valence-electron chi connectivity index (χ3n) is 4.03. The van der Waals surface area contributed by atoms with Gasteiger partial charge in [0, 0.05) is 19.6 Å². The number of hydrogen-bond acceptors (Lipinski definition) is 6. The minimum Gasteiger partial charge on any atom is -0.444 e. The molecule has 6 N–H and O–H groups in total. The summed E-state index contributed by atoms with van der Waals surface area (Å²) in [5, 5.41) is 5.29. The summed E-state index contributed by atoms with van der Waals surface area (Å²) in [7, 11) is 0. The number of ether oxygens (including phenoxy) is 2. The first-order chi connectivity index (χ1) is 11.3. The lowest BCUT2D eigenvalue weighted by atomic mass is 9.88. The molecule has 0 radical (unpaired) electrons. The van der Waals surface area contributed by atoms with Crippen molar-refractivity contribution < 1.29 is 19.1 Å². The molecule has 0 spiro atoms. The second-order valence-electron chi connectivity index (χ2n) is 5.97. The van der Waals surface area contributed by atoms with Gasteiger partial charge in [0.2, 0.25) is 0 Å². The van der Waals surface area contributed by atoms with Gasteiger partial charge in [0.15, 0.2) is 0 Å². The Morgan fingerprint density at radius 3 is 1.54 bits per heavy atom. The van der Waals surface area contributed by atoms with Gasteiger partial charge in [0.05, 0.1) is 0 Å². The monoisotopic (exact) mass is 418 g/mol. The molecule has 2 unspecified atom stereocenters. The molecule has 0 bridgehead atoms. The van der Waals surface area contributed by atoms with Gasteiger partial charge in [-0.3, -0.25) is 0 Å². The summed E-state index contributed by atoms with van der Waals surface area (Å²) in [4.78, 5) is 23.5. The smallest absolute Gasteiger partial charge is 0.407 e. The summed E-state index contributed by atoms with van der Waals surface area (Å²) in [5.74, 6) is 0. The van der Waals surface area contributed by atoms with Crippen molar-refractivity contribution in [3.8, 4) is 0 Å². The Labute approximate surface area is 169 Å². The van der Waals surface area contributed by atoms with Crippen LogP contribution in [0.15, 0.2) is 0 Å². The third-order valence-corrected chi connectivity index (χ3v) is 4.03. The average molecular weight is 419 g/mol. The van der Waals surface area contributed by atoms with E-state index in [2.05, 4.69) is 10.6 Å². The van der Waals surface area contributed by atoms with Crippen molar-refractivity contribution in [1.29, 1.82) is 0 Å². The SMILES string of the molecule is CCCCNC(=O)OC(C)C(N)(CN)C(C)OC(=O)NCCCC.Cl.Cl. The van der Waals surface area contributed by atoms with Crippen molar-refractivity contribution in [2.45, 2.75) is 71.1 Å². The van der Waals surface area contributed by atoms with E-state index in [0.717, 1.165) is 25.7 Å². The zero-order valence-corrected chi connectivity index (χ0v) is 17.8. The van der Waals surface area contributed by atoms with E-state index >= 15 is 0 Å². The van der Waals surface area contributed by atoms with Crippen molar-refractivity contribution in [1.82, 2.24) is 10.6 Å². The fourth-order valence-corrected chi connectivity index (χ4v) is 2.02. The highest BCUT2D eigenvalue weighted by atomic mass is 35.5. The molecule has 0 saturated heterocycles. The summed E-state index contributed by atoms with van der Waals surface area (Å²) < 4.78 is 10.6. The summed E-state index contributed by atoms with van der Waals surface area (Å²) in [6.45, 7) is 8.41. The van der Waals surface area contributed by atoms with Gasteiger partial charge in [-0.05, 0) is 26.7 Å². The Balaban J connectivity index is -0.00000264. The summed E-state index contributed by atoms with van der Waals surface area (Å²) in [6.07, 6.45) is 1.12. The summed E-state index contributed by atoms with van der Waals surface area (Å²) >= 11 is 0. The molecule has 0 aromatic rings. The predicted octanol–water partition coefficient (Wildman–Crippen LogP) is 2.32. The lowest BCUT2D eigenvalue weighted by Crippen LogP contribution is -2.65. The van der Waals surface area contributed by atoms with Gasteiger partial charge in [-0.2, -0.15) is 0 Å². The van der Waals surface area contributed by atoms with Gasteiger partial charge in [0.25, 0.3) is 0 Å². The molecule has 0 aromatic carbocycles. The van der Waals surface area contributed by atoms with Crippen molar-refractivity contribution in [2.24, 2.45) is 11.5 Å². The van der Waals surface area contributed by atoms with Crippen molar-refractivity contribution in [3.05, 3.63) is 0 Å². The van der Waals surface area contributed by atoms with Crippen LogP contribution in [0.5, 0.6) is 0 Å². The van der Waals surface area contributed by atoms with Gasteiger partial charge in [-0.1, -0.05) is 26.7 Å². The summed E-state index contributed by atoms with van der Waals surface area (Å²) in [6, 6.07) is 0. The largest absolute Gasteiger partial charge is 0.444 e. The molecule has 0 aliphatic rings. The van der Waals surface area contributed by atoms with E-state index in [1.165, 1.54) is 0 Å². The number of alkyl carbamates (subject to hydrolysis) is 2. The van der Waals surface area contributed by atoms with Crippen LogP contribution in [0.3, 0.4) is 0 Å². The molecule has 8 nitrogen and oxygen atoms in total. The predicted molar refractivity (Wildman–Crippen MR) is 108 cm³/mol. The molecule has 0 saturated carbocycles. The Bertz CT molecular complexity index is 359. The van der Waals surface area contributed by atoms with Crippen LogP contribution in [-0.2, 0) is 9.47 Å². The third kappa shape index (κ3) is 10.9. The van der Waals surface area contributed by atoms with Crippen LogP contribution in [0.25, 0.3) is 0 Å². The normalized spacial score (nSPS) is 14.5. The van der Waals surface area contributed by atoms with E-state index < -0.39 is 29.9 Å². The zero-order valence-electron chi connectivity index (χ0n) is 16.2. The lowest BCUT2D eigenvalue weighted by Gasteiger charge is -2.38. The Morgan fingerprint density at radius 1 is 0.923 bits per heavy atom. The fraction of sp³-hybridized carbons (Fsp3) is 0.875. The highest BCUT2D eigenvalue weighted by molar-refractivity contribution is 5.85. The molecule has 2 amide bonds. The second kappa shape index (κ2) is 16.2. The Morgan fingerprint density at radius 2 is 1.27 bits per heavy atom. The van der Waals surface area contributed by atoms with E-state index in [4.69, 9.17) is 20.9 Å². The van der Waals surface area contributed by atoms with Gasteiger partial charge < -0.3 is 31.6 Å². The molecule has 0 aromatic heterocycles. The average Bonchev–Trinajstić information content (AvgIpc) is 2.54. The number of rotatable bonds is 11. The fourth-order valence-electron chi connectivity index (χ4n) is 2.02. The van der Waals surface area contributed by atoms with Crippen LogP contribution < -0.4 is 22.1 Å². The maximum absolute atomic E-state index is 11.8. The van der Waals surface area contributed by atoms with Crippen LogP contribution in [0.1, 0.15) is 53.4 Å². The molecule has 2 atom stereocenters. The molecular weight excluding hydrogens is 383 g/mol. The van der Waals surface area contributed by atoms with Gasteiger partial charge in [-0.25, -0.2) is 9.59 Å². The minimum atomic E-state index is -1.18. The summed E-state index contributed by atoms with van der Waals surface area (Å²) in [5.41, 5.74) is 10.8. The quantitative estimate of drug-likeness (QED) is 0.381. The highest BCUT2D eigenvalue weighted by Gasteiger charge is 2.41. The van der Waals surface area contributed by atoms with Crippen molar-refractivity contribution >= 4 is 37.0 Å². The maximum Gasteiger partial charge on any atom is 0.407 e. The second-order valence-corrected chi connectivity index (χ2v) is 5.97. The lowest BCUT2D eigenvalue weighted by molar-refractivity contribution is -0.00960. The first kappa shape index (κ1) is 29.8. The van der Waals surface area contributed by atoms with Gasteiger partial charge in [0.1, 0.15) is 17.7 Å². The Kier molecular flexibility index (Phi) is 18.6. The molecule has 158 valence electrons.